The maximum Gasteiger partial charge on any atom is 0.339 e. The van der Waals surface area contributed by atoms with Crippen molar-refractivity contribution in [2.75, 3.05) is 12.3 Å². The van der Waals surface area contributed by atoms with Crippen molar-refractivity contribution in [2.24, 2.45) is 0 Å². The first-order valence-electron chi connectivity index (χ1n) is 6.13. The smallest absolute Gasteiger partial charge is 0.339 e. The van der Waals surface area contributed by atoms with Gasteiger partial charge in [-0.05, 0) is 43.3 Å². The molecule has 0 heterocycles. The van der Waals surface area contributed by atoms with Crippen LogP contribution in [0.3, 0.4) is 0 Å². The molecule has 0 spiro atoms. The standard InChI is InChI=1S/C15H15NO4/c1-2-19-11-4-6-12(7-5-11)20-14-9-10(16)3-8-13(14)15(17)18/h3-9H,2,16H2,1H3,(H,17,18). The van der Waals surface area contributed by atoms with Crippen LogP contribution in [0, 0.1) is 0 Å². The molecule has 0 amide bonds. The molecule has 0 bridgehead atoms. The van der Waals surface area contributed by atoms with E-state index in [4.69, 9.17) is 20.3 Å². The van der Waals surface area contributed by atoms with E-state index >= 15 is 0 Å². The van der Waals surface area contributed by atoms with Gasteiger partial charge in [0.05, 0.1) is 6.61 Å². The van der Waals surface area contributed by atoms with Gasteiger partial charge in [0, 0.05) is 11.8 Å². The van der Waals surface area contributed by atoms with Crippen LogP contribution in [0.15, 0.2) is 42.5 Å². The molecule has 0 atom stereocenters. The Hall–Kier alpha value is -2.69. The molecule has 3 N–H and O–H groups in total. The number of carboxylic acids is 1. The number of carboxylic acid groups (broad SMARTS) is 1. The molecule has 0 unspecified atom stereocenters. The molecule has 0 aliphatic heterocycles. The average Bonchev–Trinajstić information content (AvgIpc) is 2.41. The van der Waals surface area contributed by atoms with E-state index in [0.717, 1.165) is 5.75 Å². The van der Waals surface area contributed by atoms with E-state index in [1.165, 1.54) is 18.2 Å². The highest BCUT2D eigenvalue weighted by Crippen LogP contribution is 2.28. The van der Waals surface area contributed by atoms with Gasteiger partial charge in [-0.15, -0.1) is 0 Å². The largest absolute Gasteiger partial charge is 0.494 e. The van der Waals surface area contributed by atoms with Crippen molar-refractivity contribution in [2.45, 2.75) is 6.92 Å². The number of hydrogen-bond acceptors (Lipinski definition) is 4. The van der Waals surface area contributed by atoms with E-state index in [-0.39, 0.29) is 11.3 Å². The van der Waals surface area contributed by atoms with Gasteiger partial charge in [-0.3, -0.25) is 0 Å². The molecule has 0 radical (unpaired) electrons. The third-order valence-electron chi connectivity index (χ3n) is 2.60. The van der Waals surface area contributed by atoms with Crippen molar-refractivity contribution in [3.63, 3.8) is 0 Å². The minimum absolute atomic E-state index is 0.0630. The Labute approximate surface area is 116 Å². The molecule has 0 aliphatic rings. The van der Waals surface area contributed by atoms with Crippen LogP contribution in [0.2, 0.25) is 0 Å². The number of benzene rings is 2. The molecule has 20 heavy (non-hydrogen) atoms. The van der Waals surface area contributed by atoms with Gasteiger partial charge in [-0.25, -0.2) is 4.79 Å². The Morgan fingerprint density at radius 1 is 1.15 bits per heavy atom. The van der Waals surface area contributed by atoms with E-state index in [0.29, 0.717) is 18.0 Å². The molecular weight excluding hydrogens is 258 g/mol. The van der Waals surface area contributed by atoms with Gasteiger partial charge in [0.1, 0.15) is 22.8 Å². The lowest BCUT2D eigenvalue weighted by atomic mass is 10.2. The Balaban J connectivity index is 2.25. The molecule has 2 aromatic rings. The van der Waals surface area contributed by atoms with E-state index in [2.05, 4.69) is 0 Å². The number of hydrogen-bond donors (Lipinski definition) is 2. The highest BCUT2D eigenvalue weighted by Gasteiger charge is 2.12. The fraction of sp³-hybridized carbons (Fsp3) is 0.133. The molecule has 0 saturated heterocycles. The Kier molecular flexibility index (Phi) is 4.10. The van der Waals surface area contributed by atoms with E-state index in [9.17, 15) is 4.79 Å². The van der Waals surface area contributed by atoms with Crippen molar-refractivity contribution >= 4 is 11.7 Å². The second kappa shape index (κ2) is 5.97. The van der Waals surface area contributed by atoms with Gasteiger partial charge in [-0.2, -0.15) is 0 Å². The first-order valence-corrected chi connectivity index (χ1v) is 6.13. The predicted octanol–water partition coefficient (Wildman–Crippen LogP) is 3.16. The summed E-state index contributed by atoms with van der Waals surface area (Å²) in [5.74, 6) is 0.389. The van der Waals surface area contributed by atoms with Crippen LogP contribution in [0.25, 0.3) is 0 Å². The summed E-state index contributed by atoms with van der Waals surface area (Å²) in [5.41, 5.74) is 6.16. The van der Waals surface area contributed by atoms with Gasteiger partial charge < -0.3 is 20.3 Å². The molecule has 0 saturated carbocycles. The van der Waals surface area contributed by atoms with Crippen LogP contribution in [-0.2, 0) is 0 Å². The monoisotopic (exact) mass is 273 g/mol. The van der Waals surface area contributed by atoms with Crippen molar-refractivity contribution in [3.05, 3.63) is 48.0 Å². The first kappa shape index (κ1) is 13.7. The first-order chi connectivity index (χ1) is 9.60. The summed E-state index contributed by atoms with van der Waals surface area (Å²) in [6.07, 6.45) is 0. The fourth-order valence-corrected chi connectivity index (χ4v) is 1.70. The molecule has 104 valence electrons. The highest BCUT2D eigenvalue weighted by atomic mass is 16.5. The number of ether oxygens (including phenoxy) is 2. The molecule has 2 aromatic carbocycles. The van der Waals surface area contributed by atoms with Gasteiger partial charge in [-0.1, -0.05) is 0 Å². The zero-order valence-electron chi connectivity index (χ0n) is 11.0. The normalized spacial score (nSPS) is 10.1. The molecule has 0 fully saturated rings. The SMILES string of the molecule is CCOc1ccc(Oc2cc(N)ccc2C(=O)O)cc1. The summed E-state index contributed by atoms with van der Waals surface area (Å²) in [4.78, 5) is 11.1. The number of carbonyl (C=O) groups is 1. The van der Waals surface area contributed by atoms with E-state index in [1.807, 2.05) is 6.92 Å². The van der Waals surface area contributed by atoms with Crippen LogP contribution in [0.4, 0.5) is 5.69 Å². The second-order valence-corrected chi connectivity index (χ2v) is 4.07. The van der Waals surface area contributed by atoms with Crippen LogP contribution in [0.5, 0.6) is 17.2 Å². The molecule has 0 aliphatic carbocycles. The zero-order valence-corrected chi connectivity index (χ0v) is 11.0. The minimum Gasteiger partial charge on any atom is -0.494 e. The Bertz CT molecular complexity index is 608. The Morgan fingerprint density at radius 2 is 1.80 bits per heavy atom. The van der Waals surface area contributed by atoms with Crippen LogP contribution in [-0.4, -0.2) is 17.7 Å². The lowest BCUT2D eigenvalue weighted by Crippen LogP contribution is -2.01. The summed E-state index contributed by atoms with van der Waals surface area (Å²) < 4.78 is 10.9. The third-order valence-corrected chi connectivity index (χ3v) is 2.60. The fourth-order valence-electron chi connectivity index (χ4n) is 1.70. The van der Waals surface area contributed by atoms with Gasteiger partial charge in [0.25, 0.3) is 0 Å². The lowest BCUT2D eigenvalue weighted by Gasteiger charge is -2.10. The topological polar surface area (TPSA) is 81.8 Å². The van der Waals surface area contributed by atoms with Crippen LogP contribution in [0.1, 0.15) is 17.3 Å². The maximum atomic E-state index is 11.1. The minimum atomic E-state index is -1.06. The summed E-state index contributed by atoms with van der Waals surface area (Å²) in [6, 6.07) is 11.4. The number of nitrogens with two attached hydrogens (primary N) is 1. The Morgan fingerprint density at radius 3 is 2.40 bits per heavy atom. The van der Waals surface area contributed by atoms with Crippen LogP contribution < -0.4 is 15.2 Å². The van der Waals surface area contributed by atoms with Gasteiger partial charge in [0.15, 0.2) is 0 Å². The number of rotatable bonds is 5. The highest BCUT2D eigenvalue weighted by molar-refractivity contribution is 5.91. The van der Waals surface area contributed by atoms with Crippen molar-refractivity contribution < 1.29 is 19.4 Å². The second-order valence-electron chi connectivity index (χ2n) is 4.07. The van der Waals surface area contributed by atoms with Gasteiger partial charge in [0.2, 0.25) is 0 Å². The maximum absolute atomic E-state index is 11.1. The predicted molar refractivity (Wildman–Crippen MR) is 75.5 cm³/mol. The molecular formula is C15H15NO4. The lowest BCUT2D eigenvalue weighted by molar-refractivity contribution is 0.0694. The molecule has 0 aromatic heterocycles. The summed E-state index contributed by atoms with van der Waals surface area (Å²) in [7, 11) is 0. The average molecular weight is 273 g/mol. The quantitative estimate of drug-likeness (QED) is 0.818. The van der Waals surface area contributed by atoms with Crippen LogP contribution >= 0.6 is 0 Å². The zero-order chi connectivity index (χ0) is 14.5. The van der Waals surface area contributed by atoms with Crippen molar-refractivity contribution in [3.8, 4) is 17.2 Å². The van der Waals surface area contributed by atoms with E-state index < -0.39 is 5.97 Å². The van der Waals surface area contributed by atoms with E-state index in [1.54, 1.807) is 24.3 Å². The van der Waals surface area contributed by atoms with Crippen molar-refractivity contribution in [1.29, 1.82) is 0 Å². The summed E-state index contributed by atoms with van der Waals surface area (Å²) in [5, 5.41) is 9.11. The molecule has 5 heteroatoms. The number of aromatic carboxylic acids is 1. The van der Waals surface area contributed by atoms with Crippen molar-refractivity contribution in [1.82, 2.24) is 0 Å². The number of nitrogen functional groups attached to an aromatic ring is 1. The summed E-state index contributed by atoms with van der Waals surface area (Å²) >= 11 is 0. The summed E-state index contributed by atoms with van der Waals surface area (Å²) in [6.45, 7) is 2.48. The molecule has 5 nitrogen and oxygen atoms in total. The third kappa shape index (κ3) is 3.20. The van der Waals surface area contributed by atoms with Gasteiger partial charge >= 0.3 is 5.97 Å². The molecule has 2 rings (SSSR count). The number of anilines is 1.